The van der Waals surface area contributed by atoms with Gasteiger partial charge in [0.15, 0.2) is 5.96 Å². The fourth-order valence-electron chi connectivity index (χ4n) is 3.56. The van der Waals surface area contributed by atoms with Gasteiger partial charge in [-0.05, 0) is 36.6 Å². The number of hydrogen-bond acceptors (Lipinski definition) is 1. The third-order valence-corrected chi connectivity index (χ3v) is 5.07. The maximum absolute atomic E-state index is 13.9. The number of nitrogens with zero attached hydrogens (tertiary/aromatic N) is 1. The molecule has 1 heterocycles. The number of H-pyrrole nitrogens is 1. The first-order valence-electron chi connectivity index (χ1n) is 9.13. The number of benzene rings is 2. The first-order chi connectivity index (χ1) is 13.2. The number of aromatic amines is 1. The molecule has 2 atom stereocenters. The zero-order chi connectivity index (χ0) is 18.8. The summed E-state index contributed by atoms with van der Waals surface area (Å²) >= 11 is 0. The molecule has 0 saturated heterocycles. The summed E-state index contributed by atoms with van der Waals surface area (Å²) < 4.78 is 27.8. The minimum atomic E-state index is -0.480. The van der Waals surface area contributed by atoms with Gasteiger partial charge in [0.1, 0.15) is 11.6 Å². The summed E-state index contributed by atoms with van der Waals surface area (Å²) in [4.78, 5) is 7.49. The average Bonchev–Trinajstić information content (AvgIpc) is 3.29. The Morgan fingerprint density at radius 1 is 1.15 bits per heavy atom. The molecule has 6 heteroatoms. The van der Waals surface area contributed by atoms with E-state index in [4.69, 9.17) is 0 Å². The van der Waals surface area contributed by atoms with Crippen molar-refractivity contribution in [2.24, 2.45) is 4.99 Å². The van der Waals surface area contributed by atoms with Crippen molar-refractivity contribution in [1.82, 2.24) is 15.6 Å². The second-order valence-corrected chi connectivity index (χ2v) is 6.84. The highest BCUT2D eigenvalue weighted by atomic mass is 19.1. The van der Waals surface area contributed by atoms with Crippen LogP contribution in [0, 0.1) is 11.6 Å². The highest BCUT2D eigenvalue weighted by Gasteiger charge is 2.42. The highest BCUT2D eigenvalue weighted by molar-refractivity contribution is 5.83. The lowest BCUT2D eigenvalue weighted by Gasteiger charge is -2.12. The van der Waals surface area contributed by atoms with Gasteiger partial charge in [0, 0.05) is 48.2 Å². The second kappa shape index (κ2) is 7.39. The molecule has 1 saturated carbocycles. The summed E-state index contributed by atoms with van der Waals surface area (Å²) in [7, 11) is 1.70. The molecule has 0 amide bonds. The summed E-state index contributed by atoms with van der Waals surface area (Å²) in [5.74, 6) is -0.462. The van der Waals surface area contributed by atoms with Gasteiger partial charge in [-0.25, -0.2) is 8.78 Å². The number of fused-ring (bicyclic) bond motifs is 1. The molecule has 3 aromatic rings. The standard InChI is InChI=1S/C21H22F2N4/c1-24-21(25-10-9-13-12-26-18-8-3-2-5-14(13)18)27-19-11-15(19)20-16(22)6-4-7-17(20)23/h2-8,12,15,19,26H,9-11H2,1H3,(H2,24,25,27). The van der Waals surface area contributed by atoms with Crippen molar-refractivity contribution in [1.29, 1.82) is 0 Å². The number of aromatic nitrogens is 1. The normalized spacial score (nSPS) is 19.3. The lowest BCUT2D eigenvalue weighted by molar-refractivity contribution is 0.553. The third-order valence-electron chi connectivity index (χ3n) is 5.07. The molecular weight excluding hydrogens is 346 g/mol. The molecule has 4 nitrogen and oxygen atoms in total. The molecule has 3 N–H and O–H groups in total. The van der Waals surface area contributed by atoms with E-state index in [-0.39, 0.29) is 17.5 Å². The molecule has 27 heavy (non-hydrogen) atoms. The van der Waals surface area contributed by atoms with Crippen molar-refractivity contribution in [2.45, 2.75) is 24.8 Å². The number of para-hydroxylation sites is 1. The van der Waals surface area contributed by atoms with Crippen molar-refractivity contribution in [3.8, 4) is 0 Å². The molecule has 2 unspecified atom stereocenters. The predicted molar refractivity (Wildman–Crippen MR) is 104 cm³/mol. The molecule has 1 aliphatic carbocycles. The van der Waals surface area contributed by atoms with Gasteiger partial charge in [0.2, 0.25) is 0 Å². The zero-order valence-corrected chi connectivity index (χ0v) is 15.1. The smallest absolute Gasteiger partial charge is 0.191 e. The van der Waals surface area contributed by atoms with Crippen LogP contribution < -0.4 is 10.6 Å². The van der Waals surface area contributed by atoms with E-state index in [0.29, 0.717) is 18.9 Å². The summed E-state index contributed by atoms with van der Waals surface area (Å²) in [5.41, 5.74) is 2.54. The van der Waals surface area contributed by atoms with Crippen LogP contribution >= 0.6 is 0 Å². The Morgan fingerprint density at radius 3 is 2.70 bits per heavy atom. The summed E-state index contributed by atoms with van der Waals surface area (Å²) in [5, 5.41) is 7.76. The van der Waals surface area contributed by atoms with Crippen molar-refractivity contribution in [3.05, 3.63) is 71.4 Å². The molecule has 4 rings (SSSR count). The Bertz CT molecular complexity index is 959. The van der Waals surface area contributed by atoms with Gasteiger partial charge in [-0.2, -0.15) is 0 Å². The van der Waals surface area contributed by atoms with Gasteiger partial charge in [-0.1, -0.05) is 24.3 Å². The van der Waals surface area contributed by atoms with Crippen molar-refractivity contribution < 1.29 is 8.78 Å². The van der Waals surface area contributed by atoms with Gasteiger partial charge in [-0.3, -0.25) is 4.99 Å². The number of rotatable bonds is 5. The number of hydrogen-bond donors (Lipinski definition) is 3. The van der Waals surface area contributed by atoms with E-state index in [1.807, 2.05) is 18.3 Å². The van der Waals surface area contributed by atoms with Crippen LogP contribution in [0.15, 0.2) is 53.7 Å². The average molecular weight is 368 g/mol. The maximum Gasteiger partial charge on any atom is 0.191 e. The summed E-state index contributed by atoms with van der Waals surface area (Å²) in [6.07, 6.45) is 3.57. The van der Waals surface area contributed by atoms with E-state index in [9.17, 15) is 8.78 Å². The lowest BCUT2D eigenvalue weighted by Crippen LogP contribution is -2.40. The molecule has 0 spiro atoms. The van der Waals surface area contributed by atoms with E-state index in [0.717, 1.165) is 11.9 Å². The lowest BCUT2D eigenvalue weighted by atomic mass is 10.1. The van der Waals surface area contributed by atoms with Crippen molar-refractivity contribution >= 4 is 16.9 Å². The number of halogens is 2. The van der Waals surface area contributed by atoms with Crippen LogP contribution in [0.5, 0.6) is 0 Å². The monoisotopic (exact) mass is 368 g/mol. The predicted octanol–water partition coefficient (Wildman–Crippen LogP) is 3.71. The van der Waals surface area contributed by atoms with Crippen LogP contribution in [0.3, 0.4) is 0 Å². The van der Waals surface area contributed by atoms with E-state index in [1.54, 1.807) is 7.05 Å². The number of guanidine groups is 1. The van der Waals surface area contributed by atoms with Gasteiger partial charge in [0.05, 0.1) is 0 Å². The molecule has 1 fully saturated rings. The Labute approximate surface area is 156 Å². The largest absolute Gasteiger partial charge is 0.361 e. The molecule has 2 aromatic carbocycles. The SMILES string of the molecule is CN=C(NCCc1c[nH]c2ccccc12)NC1CC1c1c(F)cccc1F. The minimum absolute atomic E-state index is 0.00399. The van der Waals surface area contributed by atoms with Crippen LogP contribution in [-0.4, -0.2) is 30.6 Å². The van der Waals surface area contributed by atoms with Crippen LogP contribution in [-0.2, 0) is 6.42 Å². The Morgan fingerprint density at radius 2 is 1.93 bits per heavy atom. The van der Waals surface area contributed by atoms with Crippen LogP contribution in [0.1, 0.15) is 23.5 Å². The van der Waals surface area contributed by atoms with Crippen molar-refractivity contribution in [3.63, 3.8) is 0 Å². The fraction of sp³-hybridized carbons (Fsp3) is 0.286. The molecule has 1 aromatic heterocycles. The highest BCUT2D eigenvalue weighted by Crippen LogP contribution is 2.43. The van der Waals surface area contributed by atoms with E-state index in [2.05, 4.69) is 32.7 Å². The second-order valence-electron chi connectivity index (χ2n) is 6.84. The molecular formula is C21H22F2N4. The summed E-state index contributed by atoms with van der Waals surface area (Å²) in [6, 6.07) is 12.2. The third kappa shape index (κ3) is 3.65. The Hall–Kier alpha value is -2.89. The fourth-order valence-corrected chi connectivity index (χ4v) is 3.56. The van der Waals surface area contributed by atoms with Gasteiger partial charge in [0.25, 0.3) is 0 Å². The zero-order valence-electron chi connectivity index (χ0n) is 15.1. The van der Waals surface area contributed by atoms with Crippen molar-refractivity contribution in [2.75, 3.05) is 13.6 Å². The van der Waals surface area contributed by atoms with Gasteiger partial charge >= 0.3 is 0 Å². The molecule has 0 bridgehead atoms. The quantitative estimate of drug-likeness (QED) is 0.475. The molecule has 1 aliphatic rings. The van der Waals surface area contributed by atoms with E-state index in [1.165, 1.54) is 29.1 Å². The number of nitrogens with one attached hydrogen (secondary N) is 3. The van der Waals surface area contributed by atoms with Gasteiger partial charge < -0.3 is 15.6 Å². The van der Waals surface area contributed by atoms with E-state index >= 15 is 0 Å². The molecule has 0 radical (unpaired) electrons. The van der Waals surface area contributed by atoms with Gasteiger partial charge in [-0.15, -0.1) is 0 Å². The van der Waals surface area contributed by atoms with Crippen LogP contribution in [0.2, 0.25) is 0 Å². The molecule has 140 valence electrons. The first kappa shape index (κ1) is 17.5. The first-order valence-corrected chi connectivity index (χ1v) is 9.13. The summed E-state index contributed by atoms with van der Waals surface area (Å²) in [6.45, 7) is 0.715. The van der Waals surface area contributed by atoms with Crippen LogP contribution in [0.25, 0.3) is 10.9 Å². The topological polar surface area (TPSA) is 52.2 Å². The van der Waals surface area contributed by atoms with Crippen LogP contribution in [0.4, 0.5) is 8.78 Å². The Balaban J connectivity index is 1.32. The number of aliphatic imine (C=N–C) groups is 1. The minimum Gasteiger partial charge on any atom is -0.361 e. The maximum atomic E-state index is 13.9. The van der Waals surface area contributed by atoms with E-state index < -0.39 is 11.6 Å². The molecule has 0 aliphatic heterocycles. The Kier molecular flexibility index (Phi) is 4.79.